The Bertz CT molecular complexity index is 677. The monoisotopic (exact) mass is 351 g/mol. The third kappa shape index (κ3) is 2.76. The Labute approximate surface area is 131 Å². The smallest absolute Gasteiger partial charge is 0.131 e. The van der Waals surface area contributed by atoms with E-state index in [1.807, 2.05) is 12.1 Å². The fourth-order valence-electron chi connectivity index (χ4n) is 2.56. The van der Waals surface area contributed by atoms with E-state index >= 15 is 0 Å². The number of nitrogens with two attached hydrogens (primary N) is 1. The van der Waals surface area contributed by atoms with E-state index in [2.05, 4.69) is 15.9 Å². The summed E-state index contributed by atoms with van der Waals surface area (Å²) in [6.45, 7) is 0. The minimum Gasteiger partial charge on any atom is -0.497 e. The van der Waals surface area contributed by atoms with E-state index in [0.717, 1.165) is 5.56 Å². The van der Waals surface area contributed by atoms with Crippen LogP contribution in [0.15, 0.2) is 40.9 Å². The van der Waals surface area contributed by atoms with Gasteiger partial charge < -0.3 is 15.2 Å². The maximum atomic E-state index is 14.1. The van der Waals surface area contributed by atoms with Crippen molar-refractivity contribution in [2.24, 2.45) is 5.73 Å². The highest BCUT2D eigenvalue weighted by Crippen LogP contribution is 2.42. The van der Waals surface area contributed by atoms with E-state index in [9.17, 15) is 4.39 Å². The van der Waals surface area contributed by atoms with Crippen molar-refractivity contribution in [3.8, 4) is 11.5 Å². The first-order valence-corrected chi connectivity index (χ1v) is 7.43. The molecular weight excluding hydrogens is 337 g/mol. The van der Waals surface area contributed by atoms with Crippen molar-refractivity contribution in [2.75, 3.05) is 7.11 Å². The molecule has 2 atom stereocenters. The predicted molar refractivity (Wildman–Crippen MR) is 82.0 cm³/mol. The highest BCUT2D eigenvalue weighted by Gasteiger charge is 2.29. The molecule has 1 aliphatic rings. The van der Waals surface area contributed by atoms with E-state index in [1.165, 1.54) is 6.07 Å². The maximum absolute atomic E-state index is 14.1. The van der Waals surface area contributed by atoms with Crippen LogP contribution in [0.4, 0.5) is 4.39 Å². The summed E-state index contributed by atoms with van der Waals surface area (Å²) in [5.41, 5.74) is 7.63. The molecule has 21 heavy (non-hydrogen) atoms. The van der Waals surface area contributed by atoms with Crippen LogP contribution >= 0.6 is 15.9 Å². The number of hydrogen-bond donors (Lipinski definition) is 1. The summed E-state index contributed by atoms with van der Waals surface area (Å²) >= 11 is 3.25. The van der Waals surface area contributed by atoms with Gasteiger partial charge in [0.2, 0.25) is 0 Å². The molecule has 3 rings (SSSR count). The fourth-order valence-corrected chi connectivity index (χ4v) is 2.90. The molecule has 2 N–H and O–H groups in total. The zero-order valence-electron chi connectivity index (χ0n) is 11.5. The highest BCUT2D eigenvalue weighted by molar-refractivity contribution is 9.10. The number of ether oxygens (including phenoxy) is 2. The van der Waals surface area contributed by atoms with Gasteiger partial charge in [0.1, 0.15) is 23.4 Å². The second-order valence-electron chi connectivity index (χ2n) is 5.02. The number of halogens is 2. The third-order valence-corrected chi connectivity index (χ3v) is 4.16. The van der Waals surface area contributed by atoms with Crippen molar-refractivity contribution in [1.29, 1.82) is 0 Å². The Morgan fingerprint density at radius 1 is 1.24 bits per heavy atom. The van der Waals surface area contributed by atoms with Crippen molar-refractivity contribution < 1.29 is 13.9 Å². The molecule has 0 spiro atoms. The summed E-state index contributed by atoms with van der Waals surface area (Å²) in [5.74, 6) is 1.05. The van der Waals surface area contributed by atoms with E-state index in [-0.39, 0.29) is 11.9 Å². The lowest BCUT2D eigenvalue weighted by molar-refractivity contribution is 0.156. The van der Waals surface area contributed by atoms with Crippen LogP contribution in [-0.4, -0.2) is 7.11 Å². The fraction of sp³-hybridized carbons (Fsp3) is 0.250. The van der Waals surface area contributed by atoms with Crippen LogP contribution < -0.4 is 15.2 Å². The van der Waals surface area contributed by atoms with Crippen LogP contribution in [0.25, 0.3) is 0 Å². The summed E-state index contributed by atoms with van der Waals surface area (Å²) in [5, 5.41) is 0. The predicted octanol–water partition coefficient (Wildman–Crippen LogP) is 4.12. The third-order valence-electron chi connectivity index (χ3n) is 3.67. The summed E-state index contributed by atoms with van der Waals surface area (Å²) in [4.78, 5) is 0. The van der Waals surface area contributed by atoms with Gasteiger partial charge in [-0.25, -0.2) is 4.39 Å². The Kier molecular flexibility index (Phi) is 3.87. The number of methoxy groups -OCH3 is 1. The van der Waals surface area contributed by atoms with Gasteiger partial charge in [-0.15, -0.1) is 0 Å². The first-order valence-electron chi connectivity index (χ1n) is 6.63. The SMILES string of the molecule is COc1ccc2c(c1)OC(c1ccc(Br)cc1F)CC2N. The molecule has 1 heterocycles. The molecule has 3 nitrogen and oxygen atoms in total. The van der Waals surface area contributed by atoms with Gasteiger partial charge in [-0.3, -0.25) is 0 Å². The number of hydrogen-bond acceptors (Lipinski definition) is 3. The van der Waals surface area contributed by atoms with Crippen LogP contribution in [0, 0.1) is 5.82 Å². The molecule has 0 saturated heterocycles. The first kappa shape index (κ1) is 14.4. The Morgan fingerprint density at radius 3 is 2.71 bits per heavy atom. The van der Waals surface area contributed by atoms with E-state index in [1.54, 1.807) is 25.3 Å². The second kappa shape index (κ2) is 5.66. The number of rotatable bonds is 2. The minimum absolute atomic E-state index is 0.187. The molecule has 0 radical (unpaired) electrons. The van der Waals surface area contributed by atoms with Gasteiger partial charge in [-0.1, -0.05) is 28.1 Å². The largest absolute Gasteiger partial charge is 0.497 e. The van der Waals surface area contributed by atoms with Gasteiger partial charge >= 0.3 is 0 Å². The molecule has 0 amide bonds. The van der Waals surface area contributed by atoms with Crippen LogP contribution in [-0.2, 0) is 0 Å². The summed E-state index contributed by atoms with van der Waals surface area (Å²) in [6, 6.07) is 10.3. The first-order chi connectivity index (χ1) is 10.1. The summed E-state index contributed by atoms with van der Waals surface area (Å²) < 4.78 is 25.9. The van der Waals surface area contributed by atoms with Crippen LogP contribution in [0.3, 0.4) is 0 Å². The molecule has 2 aromatic carbocycles. The summed E-state index contributed by atoms with van der Waals surface area (Å²) in [6.07, 6.45) is 0.144. The average Bonchev–Trinajstić information content (AvgIpc) is 2.46. The minimum atomic E-state index is -0.396. The Balaban J connectivity index is 1.96. The lowest BCUT2D eigenvalue weighted by Gasteiger charge is -2.31. The molecular formula is C16H15BrFNO2. The van der Waals surface area contributed by atoms with Crippen molar-refractivity contribution >= 4 is 15.9 Å². The van der Waals surface area contributed by atoms with Gasteiger partial charge in [-0.2, -0.15) is 0 Å². The molecule has 2 aromatic rings. The maximum Gasteiger partial charge on any atom is 0.131 e. The van der Waals surface area contributed by atoms with Crippen molar-refractivity contribution in [3.63, 3.8) is 0 Å². The van der Waals surface area contributed by atoms with Crippen molar-refractivity contribution in [3.05, 3.63) is 57.8 Å². The topological polar surface area (TPSA) is 44.5 Å². The Hall–Kier alpha value is -1.59. The molecule has 0 aliphatic carbocycles. The molecule has 0 bridgehead atoms. The van der Waals surface area contributed by atoms with E-state index < -0.39 is 6.10 Å². The molecule has 2 unspecified atom stereocenters. The van der Waals surface area contributed by atoms with E-state index in [4.69, 9.17) is 15.2 Å². The van der Waals surface area contributed by atoms with Gasteiger partial charge in [0.15, 0.2) is 0 Å². The number of fused-ring (bicyclic) bond motifs is 1. The zero-order chi connectivity index (χ0) is 15.0. The molecule has 0 aromatic heterocycles. The van der Waals surface area contributed by atoms with Gasteiger partial charge in [0, 0.05) is 34.1 Å². The van der Waals surface area contributed by atoms with Crippen LogP contribution in [0.2, 0.25) is 0 Å². The molecule has 0 saturated carbocycles. The van der Waals surface area contributed by atoms with E-state index in [0.29, 0.717) is 28.0 Å². The van der Waals surface area contributed by atoms with Gasteiger partial charge in [0.25, 0.3) is 0 Å². The number of benzene rings is 2. The quantitative estimate of drug-likeness (QED) is 0.884. The lowest BCUT2D eigenvalue weighted by Crippen LogP contribution is -2.24. The molecule has 110 valence electrons. The zero-order valence-corrected chi connectivity index (χ0v) is 13.1. The van der Waals surface area contributed by atoms with Gasteiger partial charge in [0.05, 0.1) is 7.11 Å². The van der Waals surface area contributed by atoms with Crippen LogP contribution in [0.1, 0.15) is 29.7 Å². The average molecular weight is 352 g/mol. The Morgan fingerprint density at radius 2 is 2.00 bits per heavy atom. The molecule has 5 heteroatoms. The molecule has 1 aliphatic heterocycles. The summed E-state index contributed by atoms with van der Waals surface area (Å²) in [7, 11) is 1.59. The molecule has 0 fully saturated rings. The van der Waals surface area contributed by atoms with Crippen LogP contribution in [0.5, 0.6) is 11.5 Å². The standard InChI is InChI=1S/C16H15BrFNO2/c1-20-10-3-5-12-14(19)8-16(21-15(12)7-10)11-4-2-9(17)6-13(11)18/h2-7,14,16H,8,19H2,1H3. The highest BCUT2D eigenvalue weighted by atomic mass is 79.9. The second-order valence-corrected chi connectivity index (χ2v) is 5.93. The van der Waals surface area contributed by atoms with Crippen molar-refractivity contribution in [2.45, 2.75) is 18.6 Å². The normalized spacial score (nSPS) is 20.6. The van der Waals surface area contributed by atoms with Crippen molar-refractivity contribution in [1.82, 2.24) is 0 Å². The van der Waals surface area contributed by atoms with Gasteiger partial charge in [-0.05, 0) is 18.2 Å². The lowest BCUT2D eigenvalue weighted by atomic mass is 9.93.